The van der Waals surface area contributed by atoms with Crippen LogP contribution < -0.4 is 0 Å². The maximum absolute atomic E-state index is 12.9. The van der Waals surface area contributed by atoms with Gasteiger partial charge in [0.05, 0.1) is 0 Å². The largest absolute Gasteiger partial charge is 0.428 e. The molecule has 0 saturated heterocycles. The number of amides is 1. The molecule has 0 unspecified atom stereocenters. The maximum atomic E-state index is 12.9. The molecule has 0 radical (unpaired) electrons. The number of nitrogens with zero attached hydrogens (tertiary/aromatic N) is 3. The molecule has 4 aromatic rings. The van der Waals surface area contributed by atoms with E-state index in [1.165, 1.54) is 0 Å². The predicted molar refractivity (Wildman–Crippen MR) is 110 cm³/mol. The molecule has 0 atom stereocenters. The van der Waals surface area contributed by atoms with Crippen LogP contribution in [-0.2, 0) is 6.54 Å². The van der Waals surface area contributed by atoms with Gasteiger partial charge < -0.3 is 13.9 Å². The average molecular weight is 394 g/mol. The molecular formula is C22H20ClN3O2. The summed E-state index contributed by atoms with van der Waals surface area (Å²) in [4.78, 5) is 18.7. The second-order valence-corrected chi connectivity index (χ2v) is 7.20. The SMILES string of the molecule is Cc1cc(CN(C)C(=O)c2ccc3oc(Cl)nc3c2)c(C)n1-c1ccccc1. The first kappa shape index (κ1) is 18.3. The predicted octanol–water partition coefficient (Wildman–Crippen LogP) is 5.16. The molecule has 2 heterocycles. The molecule has 2 aromatic heterocycles. The van der Waals surface area contributed by atoms with Gasteiger partial charge in [-0.15, -0.1) is 0 Å². The van der Waals surface area contributed by atoms with Crippen LogP contribution in [0.25, 0.3) is 16.8 Å². The third-order valence-corrected chi connectivity index (χ3v) is 5.07. The molecular weight excluding hydrogens is 374 g/mol. The minimum Gasteiger partial charge on any atom is -0.428 e. The summed E-state index contributed by atoms with van der Waals surface area (Å²) in [6.45, 7) is 4.67. The molecule has 0 N–H and O–H groups in total. The Morgan fingerprint density at radius 3 is 2.64 bits per heavy atom. The first-order valence-corrected chi connectivity index (χ1v) is 9.36. The monoisotopic (exact) mass is 393 g/mol. The Bertz CT molecular complexity index is 1160. The van der Waals surface area contributed by atoms with Gasteiger partial charge in [0.15, 0.2) is 5.58 Å². The number of benzene rings is 2. The zero-order chi connectivity index (χ0) is 19.8. The van der Waals surface area contributed by atoms with E-state index in [1.807, 2.05) is 18.2 Å². The van der Waals surface area contributed by atoms with Gasteiger partial charge in [-0.2, -0.15) is 4.98 Å². The lowest BCUT2D eigenvalue weighted by Gasteiger charge is -2.18. The first-order valence-electron chi connectivity index (χ1n) is 8.99. The van der Waals surface area contributed by atoms with E-state index < -0.39 is 0 Å². The number of aromatic nitrogens is 2. The molecule has 2 aromatic carbocycles. The molecule has 0 aliphatic rings. The van der Waals surface area contributed by atoms with Crippen LogP contribution in [0.2, 0.25) is 5.35 Å². The van der Waals surface area contributed by atoms with Crippen molar-refractivity contribution >= 4 is 28.6 Å². The van der Waals surface area contributed by atoms with E-state index in [4.69, 9.17) is 16.0 Å². The summed E-state index contributed by atoms with van der Waals surface area (Å²) < 4.78 is 7.46. The van der Waals surface area contributed by atoms with E-state index in [0.717, 1.165) is 22.6 Å². The van der Waals surface area contributed by atoms with E-state index in [-0.39, 0.29) is 11.3 Å². The first-order chi connectivity index (χ1) is 13.4. The van der Waals surface area contributed by atoms with Crippen molar-refractivity contribution in [1.29, 1.82) is 0 Å². The van der Waals surface area contributed by atoms with Crippen molar-refractivity contribution in [3.63, 3.8) is 0 Å². The zero-order valence-corrected chi connectivity index (χ0v) is 16.7. The van der Waals surface area contributed by atoms with Gasteiger partial charge in [0.25, 0.3) is 11.3 Å². The van der Waals surface area contributed by atoms with Gasteiger partial charge in [0, 0.05) is 36.2 Å². The normalized spacial score (nSPS) is 11.1. The van der Waals surface area contributed by atoms with Crippen LogP contribution in [0, 0.1) is 13.8 Å². The van der Waals surface area contributed by atoms with Gasteiger partial charge in [0.2, 0.25) is 0 Å². The van der Waals surface area contributed by atoms with Crippen molar-refractivity contribution in [3.8, 4) is 5.69 Å². The highest BCUT2D eigenvalue weighted by atomic mass is 35.5. The molecule has 1 amide bonds. The van der Waals surface area contributed by atoms with E-state index in [0.29, 0.717) is 23.2 Å². The van der Waals surface area contributed by atoms with E-state index in [1.54, 1.807) is 30.1 Å². The number of fused-ring (bicyclic) bond motifs is 1. The standard InChI is InChI=1S/C22H20ClN3O2/c1-14-11-17(15(2)26(14)18-7-5-4-6-8-18)13-25(3)21(27)16-9-10-20-19(12-16)24-22(23)28-20/h4-12H,13H2,1-3H3. The number of para-hydroxylation sites is 1. The van der Waals surface area contributed by atoms with Crippen molar-refractivity contribution < 1.29 is 9.21 Å². The Kier molecular flexibility index (Phi) is 4.69. The number of carbonyl (C=O) groups is 1. The lowest BCUT2D eigenvalue weighted by molar-refractivity contribution is 0.0785. The molecule has 4 rings (SSSR count). The van der Waals surface area contributed by atoms with Gasteiger partial charge in [-0.3, -0.25) is 4.79 Å². The molecule has 28 heavy (non-hydrogen) atoms. The quantitative estimate of drug-likeness (QED) is 0.481. The van der Waals surface area contributed by atoms with Crippen molar-refractivity contribution in [2.45, 2.75) is 20.4 Å². The molecule has 0 bridgehead atoms. The summed E-state index contributed by atoms with van der Waals surface area (Å²) in [7, 11) is 1.80. The Labute approximate surface area is 168 Å². The van der Waals surface area contributed by atoms with Gasteiger partial charge in [-0.25, -0.2) is 0 Å². The van der Waals surface area contributed by atoms with Crippen LogP contribution in [0.4, 0.5) is 0 Å². The molecule has 142 valence electrons. The Hall–Kier alpha value is -3.05. The fraction of sp³-hybridized carbons (Fsp3) is 0.182. The van der Waals surface area contributed by atoms with Gasteiger partial charge in [0.1, 0.15) is 5.52 Å². The number of halogens is 1. The number of aryl methyl sites for hydroxylation is 1. The van der Waals surface area contributed by atoms with E-state index in [9.17, 15) is 4.79 Å². The highest BCUT2D eigenvalue weighted by Crippen LogP contribution is 2.23. The van der Waals surface area contributed by atoms with Gasteiger partial charge in [-0.05, 0) is 67.4 Å². The minimum atomic E-state index is -0.0782. The molecule has 0 aliphatic heterocycles. The highest BCUT2D eigenvalue weighted by Gasteiger charge is 2.17. The summed E-state index contributed by atoms with van der Waals surface area (Å²) in [6, 6.07) is 17.5. The van der Waals surface area contributed by atoms with Crippen molar-refractivity contribution in [1.82, 2.24) is 14.5 Å². The second kappa shape index (κ2) is 7.17. The number of hydrogen-bond acceptors (Lipinski definition) is 3. The molecule has 0 fully saturated rings. The number of carbonyl (C=O) groups excluding carboxylic acids is 1. The third-order valence-electron chi connectivity index (χ3n) is 4.91. The fourth-order valence-electron chi connectivity index (χ4n) is 3.54. The number of hydrogen-bond donors (Lipinski definition) is 0. The highest BCUT2D eigenvalue weighted by molar-refractivity contribution is 6.28. The van der Waals surface area contributed by atoms with Gasteiger partial charge in [-0.1, -0.05) is 18.2 Å². The van der Waals surface area contributed by atoms with Crippen LogP contribution in [0.15, 0.2) is 59.0 Å². The summed E-state index contributed by atoms with van der Waals surface area (Å²) in [5.74, 6) is -0.0782. The lowest BCUT2D eigenvalue weighted by atomic mass is 10.1. The summed E-state index contributed by atoms with van der Waals surface area (Å²) in [5.41, 5.74) is 6.19. The maximum Gasteiger partial charge on any atom is 0.293 e. The minimum absolute atomic E-state index is 0.0707. The Balaban J connectivity index is 1.59. The Morgan fingerprint density at radius 2 is 1.89 bits per heavy atom. The topological polar surface area (TPSA) is 51.3 Å². The third kappa shape index (κ3) is 3.29. The lowest BCUT2D eigenvalue weighted by Crippen LogP contribution is -2.26. The van der Waals surface area contributed by atoms with Crippen LogP contribution in [0.1, 0.15) is 27.3 Å². The molecule has 0 saturated carbocycles. The summed E-state index contributed by atoms with van der Waals surface area (Å²) in [6.07, 6.45) is 0. The average Bonchev–Trinajstić information content (AvgIpc) is 3.19. The number of rotatable bonds is 4. The molecule has 5 nitrogen and oxygen atoms in total. The molecule has 0 spiro atoms. The van der Waals surface area contributed by atoms with Crippen LogP contribution in [-0.4, -0.2) is 27.4 Å². The van der Waals surface area contributed by atoms with Crippen molar-refractivity contribution in [2.75, 3.05) is 7.05 Å². The van der Waals surface area contributed by atoms with Crippen molar-refractivity contribution in [3.05, 3.63) is 82.5 Å². The Morgan fingerprint density at radius 1 is 1.14 bits per heavy atom. The van der Waals surface area contributed by atoms with Crippen molar-refractivity contribution in [2.24, 2.45) is 0 Å². The molecule has 0 aliphatic carbocycles. The van der Waals surface area contributed by atoms with Crippen LogP contribution >= 0.6 is 11.6 Å². The van der Waals surface area contributed by atoms with E-state index in [2.05, 4.69) is 41.6 Å². The van der Waals surface area contributed by atoms with Crippen LogP contribution in [0.3, 0.4) is 0 Å². The van der Waals surface area contributed by atoms with E-state index >= 15 is 0 Å². The van der Waals surface area contributed by atoms with Gasteiger partial charge >= 0.3 is 0 Å². The summed E-state index contributed by atoms with van der Waals surface area (Å²) >= 11 is 5.79. The second-order valence-electron chi connectivity index (χ2n) is 6.88. The smallest absolute Gasteiger partial charge is 0.293 e. The fourth-order valence-corrected chi connectivity index (χ4v) is 3.72. The number of oxazole rings is 1. The zero-order valence-electron chi connectivity index (χ0n) is 15.9. The molecule has 6 heteroatoms. The van der Waals surface area contributed by atoms with Crippen LogP contribution in [0.5, 0.6) is 0 Å². The summed E-state index contributed by atoms with van der Waals surface area (Å²) in [5, 5.41) is 0.0707.